The number of ether oxygens (including phenoxy) is 1. The van der Waals surface area contributed by atoms with E-state index in [1.807, 2.05) is 0 Å². The second-order valence-corrected chi connectivity index (χ2v) is 5.15. The van der Waals surface area contributed by atoms with Gasteiger partial charge in [-0.1, -0.05) is 0 Å². The number of nitrogens with one attached hydrogen (secondary N) is 1. The topological polar surface area (TPSA) is 67.3 Å². The maximum absolute atomic E-state index is 11.4. The number of rotatable bonds is 3. The lowest BCUT2D eigenvalue weighted by molar-refractivity contribution is 0.0586. The van der Waals surface area contributed by atoms with E-state index in [1.165, 1.54) is 33.0 Å². The molecule has 0 radical (unpaired) electrons. The second kappa shape index (κ2) is 5.13. The number of nitrogens with zero attached hydrogens (tertiary/aromatic N) is 3. The van der Waals surface area contributed by atoms with Gasteiger partial charge >= 0.3 is 5.97 Å². The molecule has 1 N–H and O–H groups in total. The zero-order chi connectivity index (χ0) is 13.2. The van der Waals surface area contributed by atoms with Crippen molar-refractivity contribution in [1.29, 1.82) is 0 Å². The van der Waals surface area contributed by atoms with Crippen LogP contribution < -0.4 is 5.32 Å². The zero-order valence-corrected chi connectivity index (χ0v) is 11.0. The minimum absolute atomic E-state index is 0.105. The fourth-order valence-electron chi connectivity index (χ4n) is 2.95. The summed E-state index contributed by atoms with van der Waals surface area (Å²) in [5, 5.41) is 3.43. The van der Waals surface area contributed by atoms with Crippen molar-refractivity contribution in [2.24, 2.45) is 5.92 Å². The number of methoxy groups -OCH3 is 1. The number of carbonyl (C=O) groups is 1. The van der Waals surface area contributed by atoms with Crippen LogP contribution in [-0.4, -0.2) is 53.6 Å². The quantitative estimate of drug-likeness (QED) is 0.812. The number of piperidine rings is 3. The van der Waals surface area contributed by atoms with Gasteiger partial charge in [0.05, 0.1) is 7.11 Å². The van der Waals surface area contributed by atoms with Crippen LogP contribution in [0.25, 0.3) is 0 Å². The van der Waals surface area contributed by atoms with Crippen molar-refractivity contribution in [3.8, 4) is 0 Å². The summed E-state index contributed by atoms with van der Waals surface area (Å²) in [6.07, 6.45) is 4.07. The molecule has 1 aromatic rings. The van der Waals surface area contributed by atoms with Crippen LogP contribution in [0.2, 0.25) is 0 Å². The number of carbonyl (C=O) groups excluding carboxylic acids is 1. The van der Waals surface area contributed by atoms with Crippen molar-refractivity contribution in [3.05, 3.63) is 18.1 Å². The molecule has 0 spiro atoms. The highest BCUT2D eigenvalue weighted by molar-refractivity contribution is 5.85. The van der Waals surface area contributed by atoms with E-state index in [-0.39, 0.29) is 5.82 Å². The average Bonchev–Trinajstić information content (AvgIpc) is 2.48. The van der Waals surface area contributed by atoms with E-state index in [1.54, 1.807) is 12.3 Å². The van der Waals surface area contributed by atoms with Crippen LogP contribution in [0.1, 0.15) is 23.5 Å². The second-order valence-electron chi connectivity index (χ2n) is 5.15. The predicted molar refractivity (Wildman–Crippen MR) is 69.9 cm³/mol. The van der Waals surface area contributed by atoms with Gasteiger partial charge in [-0.15, -0.1) is 0 Å². The number of anilines is 1. The molecular weight excluding hydrogens is 244 g/mol. The monoisotopic (exact) mass is 262 g/mol. The third kappa shape index (κ3) is 2.53. The lowest BCUT2D eigenvalue weighted by atomic mass is 9.84. The van der Waals surface area contributed by atoms with E-state index in [0.29, 0.717) is 17.8 Å². The summed E-state index contributed by atoms with van der Waals surface area (Å²) in [7, 11) is 1.33. The summed E-state index contributed by atoms with van der Waals surface area (Å²) in [4.78, 5) is 22.0. The first-order valence-corrected chi connectivity index (χ1v) is 6.66. The highest BCUT2D eigenvalue weighted by atomic mass is 16.5. The molecule has 1 atom stereocenters. The number of hydrogen-bond acceptors (Lipinski definition) is 6. The summed E-state index contributed by atoms with van der Waals surface area (Å²) < 4.78 is 4.63. The standard InChI is InChI=1S/C13H18N4O2/c1-19-13(18)12-14-5-2-11(16-12)15-10-8-17-6-3-9(10)4-7-17/h2,5,9-10H,3-4,6-8H2,1H3,(H,14,15,16). The highest BCUT2D eigenvalue weighted by Gasteiger charge is 2.34. The van der Waals surface area contributed by atoms with Crippen LogP contribution in [0.4, 0.5) is 5.82 Å². The van der Waals surface area contributed by atoms with Crippen molar-refractivity contribution < 1.29 is 9.53 Å². The minimum Gasteiger partial charge on any atom is -0.463 e. The number of fused-ring (bicyclic) bond motifs is 3. The van der Waals surface area contributed by atoms with Crippen LogP contribution in [-0.2, 0) is 4.74 Å². The number of aromatic nitrogens is 2. The maximum atomic E-state index is 11.4. The normalized spacial score (nSPS) is 29.0. The van der Waals surface area contributed by atoms with Crippen LogP contribution in [0, 0.1) is 5.92 Å². The summed E-state index contributed by atoms with van der Waals surface area (Å²) in [6, 6.07) is 2.22. The Morgan fingerprint density at radius 2 is 2.26 bits per heavy atom. The van der Waals surface area contributed by atoms with E-state index < -0.39 is 5.97 Å². The van der Waals surface area contributed by atoms with Crippen LogP contribution in [0.3, 0.4) is 0 Å². The molecule has 4 heterocycles. The molecule has 19 heavy (non-hydrogen) atoms. The van der Waals surface area contributed by atoms with E-state index >= 15 is 0 Å². The van der Waals surface area contributed by atoms with Gasteiger partial charge in [-0.25, -0.2) is 14.8 Å². The van der Waals surface area contributed by atoms with Crippen molar-refractivity contribution >= 4 is 11.8 Å². The van der Waals surface area contributed by atoms with Gasteiger partial charge in [0.15, 0.2) is 0 Å². The molecule has 4 rings (SSSR count). The summed E-state index contributed by atoms with van der Waals surface area (Å²) in [6.45, 7) is 3.47. The first-order chi connectivity index (χ1) is 9.26. The van der Waals surface area contributed by atoms with Crippen LogP contribution in [0.15, 0.2) is 12.3 Å². The Morgan fingerprint density at radius 1 is 1.47 bits per heavy atom. The van der Waals surface area contributed by atoms with Crippen molar-refractivity contribution in [2.45, 2.75) is 18.9 Å². The fourth-order valence-corrected chi connectivity index (χ4v) is 2.95. The molecule has 1 unspecified atom stereocenters. The van der Waals surface area contributed by atoms with Gasteiger partial charge in [0.25, 0.3) is 0 Å². The van der Waals surface area contributed by atoms with Gasteiger partial charge in [0.1, 0.15) is 5.82 Å². The first-order valence-electron chi connectivity index (χ1n) is 6.66. The first kappa shape index (κ1) is 12.3. The van der Waals surface area contributed by atoms with Crippen molar-refractivity contribution in [1.82, 2.24) is 14.9 Å². The van der Waals surface area contributed by atoms with Crippen LogP contribution in [0.5, 0.6) is 0 Å². The van der Waals surface area contributed by atoms with Gasteiger partial charge in [0, 0.05) is 18.8 Å². The lowest BCUT2D eigenvalue weighted by Crippen LogP contribution is -2.53. The molecule has 0 amide bonds. The molecule has 0 saturated carbocycles. The molecule has 2 bridgehead atoms. The molecule has 3 saturated heterocycles. The molecule has 0 aromatic carbocycles. The Morgan fingerprint density at radius 3 is 2.89 bits per heavy atom. The molecule has 3 aliphatic heterocycles. The van der Waals surface area contributed by atoms with E-state index in [9.17, 15) is 4.79 Å². The third-order valence-electron chi connectivity index (χ3n) is 4.01. The van der Waals surface area contributed by atoms with Gasteiger partial charge in [-0.05, 0) is 37.9 Å². The molecule has 6 nitrogen and oxygen atoms in total. The highest BCUT2D eigenvalue weighted by Crippen LogP contribution is 2.29. The smallest absolute Gasteiger partial charge is 0.376 e. The molecule has 102 valence electrons. The molecular formula is C13H18N4O2. The Kier molecular flexibility index (Phi) is 3.33. The minimum atomic E-state index is -0.502. The van der Waals surface area contributed by atoms with Gasteiger partial charge in [0.2, 0.25) is 5.82 Å². The summed E-state index contributed by atoms with van der Waals surface area (Å²) >= 11 is 0. The molecule has 3 fully saturated rings. The molecule has 1 aromatic heterocycles. The SMILES string of the molecule is COC(=O)c1nccc(NC2CN3CCC2CC3)n1. The predicted octanol–water partition coefficient (Wildman–Crippen LogP) is 0.769. The maximum Gasteiger partial charge on any atom is 0.376 e. The van der Waals surface area contributed by atoms with E-state index in [0.717, 1.165) is 6.54 Å². The summed E-state index contributed by atoms with van der Waals surface area (Å²) in [5.41, 5.74) is 0. The Hall–Kier alpha value is -1.69. The van der Waals surface area contributed by atoms with E-state index in [4.69, 9.17) is 0 Å². The lowest BCUT2D eigenvalue weighted by Gasteiger charge is -2.45. The Labute approximate surface area is 112 Å². The van der Waals surface area contributed by atoms with Gasteiger partial charge in [-0.3, -0.25) is 0 Å². The molecule has 6 heteroatoms. The Bertz CT molecular complexity index is 471. The van der Waals surface area contributed by atoms with Gasteiger partial charge in [-0.2, -0.15) is 0 Å². The molecule has 3 aliphatic rings. The third-order valence-corrected chi connectivity index (χ3v) is 4.01. The Balaban J connectivity index is 1.71. The number of hydrogen-bond donors (Lipinski definition) is 1. The average molecular weight is 262 g/mol. The zero-order valence-electron chi connectivity index (χ0n) is 11.0. The number of esters is 1. The van der Waals surface area contributed by atoms with E-state index in [2.05, 4.69) is 24.9 Å². The molecule has 0 aliphatic carbocycles. The van der Waals surface area contributed by atoms with Crippen molar-refractivity contribution in [2.75, 3.05) is 32.1 Å². The van der Waals surface area contributed by atoms with Crippen molar-refractivity contribution in [3.63, 3.8) is 0 Å². The summed E-state index contributed by atoms with van der Waals surface area (Å²) in [5.74, 6) is 1.02. The fraction of sp³-hybridized carbons (Fsp3) is 0.615. The largest absolute Gasteiger partial charge is 0.463 e. The van der Waals surface area contributed by atoms with Crippen LogP contribution >= 0.6 is 0 Å². The van der Waals surface area contributed by atoms with Gasteiger partial charge < -0.3 is 15.0 Å².